The number of hydrogen-bond donors (Lipinski definition) is 3. The van der Waals surface area contributed by atoms with Crippen LogP contribution < -0.4 is 5.32 Å². The first kappa shape index (κ1) is 19.1. The summed E-state index contributed by atoms with van der Waals surface area (Å²) in [6, 6.07) is -1.68. The molecule has 0 bridgehead atoms. The fourth-order valence-electron chi connectivity index (χ4n) is 3.63. The molecule has 1 aromatic heterocycles. The summed E-state index contributed by atoms with van der Waals surface area (Å²) in [5.74, 6) is -2.13. The van der Waals surface area contributed by atoms with Crippen molar-refractivity contribution < 1.29 is 34.1 Å². The maximum Gasteiger partial charge on any atom is 0.409 e. The third kappa shape index (κ3) is 2.89. The lowest BCUT2D eigenvalue weighted by Crippen LogP contribution is -2.75. The van der Waals surface area contributed by atoms with E-state index >= 15 is 0 Å². The zero-order valence-corrected chi connectivity index (χ0v) is 15.7. The maximum absolute atomic E-state index is 12.5. The number of carbonyl (C=O) groups is 4. The van der Waals surface area contributed by atoms with Crippen molar-refractivity contribution in [1.29, 1.82) is 0 Å². The molecule has 29 heavy (non-hydrogen) atoms. The molecule has 3 N–H and O–H groups in total. The molecule has 0 saturated carbocycles. The van der Waals surface area contributed by atoms with Gasteiger partial charge in [0.25, 0.3) is 5.91 Å². The predicted octanol–water partition coefficient (Wildman–Crippen LogP) is -2.22. The van der Waals surface area contributed by atoms with E-state index in [2.05, 4.69) is 20.8 Å². The molecule has 0 aliphatic carbocycles. The lowest BCUT2D eigenvalue weighted by Gasteiger charge is -2.51. The Bertz CT molecular complexity index is 946. The third-order valence-corrected chi connectivity index (χ3v) is 5.92. The summed E-state index contributed by atoms with van der Waals surface area (Å²) in [7, 11) is 1.47. The van der Waals surface area contributed by atoms with Gasteiger partial charge in [-0.15, -0.1) is 5.10 Å². The number of nitrogens with one attached hydrogen (secondary N) is 1. The Hall–Kier alpha value is -3.20. The number of carbonyl (C=O) groups excluding carboxylic acids is 2. The molecular formula is C14H15N7O7S. The summed E-state index contributed by atoms with van der Waals surface area (Å²) in [4.78, 5) is 49.1. The molecule has 3 amide bonds. The summed E-state index contributed by atoms with van der Waals surface area (Å²) >= 11 is 1.09. The zero-order valence-electron chi connectivity index (χ0n) is 14.9. The number of rotatable bonds is 6. The van der Waals surface area contributed by atoms with Crippen molar-refractivity contribution in [3.63, 3.8) is 0 Å². The fraction of sp³-hybridized carbons (Fsp3) is 0.500. The Morgan fingerprint density at radius 2 is 2.10 bits per heavy atom. The Balaban J connectivity index is 1.57. The monoisotopic (exact) mass is 425 g/mol. The smallest absolute Gasteiger partial charge is 0.409 e. The second-order valence-corrected chi connectivity index (χ2v) is 7.31. The van der Waals surface area contributed by atoms with E-state index in [1.807, 2.05) is 0 Å². The topological polar surface area (TPSA) is 180 Å². The van der Waals surface area contributed by atoms with Crippen LogP contribution in [0.25, 0.3) is 0 Å². The molecule has 14 nitrogen and oxygen atoms in total. The minimum Gasteiger partial charge on any atom is -0.477 e. The SMILES string of the molecule is CNC(=O)Cn1nnnc1SCC1=C(C(=O)O)N2C(=O)[C@@H]3[C@H]2C1OCN3C(=O)O. The molecule has 15 heteroatoms. The molecule has 4 rings (SSSR count). The van der Waals surface area contributed by atoms with E-state index in [0.717, 1.165) is 21.6 Å². The van der Waals surface area contributed by atoms with Crippen LogP contribution in [0.3, 0.4) is 0 Å². The van der Waals surface area contributed by atoms with Crippen molar-refractivity contribution in [3.8, 4) is 0 Å². The number of thioether (sulfide) groups is 1. The van der Waals surface area contributed by atoms with E-state index in [9.17, 15) is 29.4 Å². The van der Waals surface area contributed by atoms with Gasteiger partial charge in [0.2, 0.25) is 11.1 Å². The summed E-state index contributed by atoms with van der Waals surface area (Å²) in [5.41, 5.74) is 0.120. The molecular weight excluding hydrogens is 410 g/mol. The first-order valence-corrected chi connectivity index (χ1v) is 9.33. The maximum atomic E-state index is 12.5. The molecule has 3 aliphatic heterocycles. The number of carboxylic acid groups (broad SMARTS) is 2. The molecule has 154 valence electrons. The van der Waals surface area contributed by atoms with E-state index in [1.165, 1.54) is 11.7 Å². The summed E-state index contributed by atoms with van der Waals surface area (Å²) in [5, 5.41) is 32.7. The molecule has 1 unspecified atom stereocenters. The Morgan fingerprint density at radius 3 is 2.76 bits per heavy atom. The van der Waals surface area contributed by atoms with Crippen molar-refractivity contribution in [2.75, 3.05) is 19.5 Å². The second-order valence-electron chi connectivity index (χ2n) is 6.37. The van der Waals surface area contributed by atoms with Gasteiger partial charge in [-0.1, -0.05) is 11.8 Å². The van der Waals surface area contributed by atoms with Crippen molar-refractivity contribution >= 4 is 35.6 Å². The van der Waals surface area contributed by atoms with Gasteiger partial charge < -0.3 is 20.3 Å². The Morgan fingerprint density at radius 1 is 1.34 bits per heavy atom. The number of β-lactam (4-membered cyclic amide) rings is 1. The molecule has 2 fully saturated rings. The van der Waals surface area contributed by atoms with E-state index in [4.69, 9.17) is 4.74 Å². The van der Waals surface area contributed by atoms with Crippen LogP contribution in [0.4, 0.5) is 4.79 Å². The van der Waals surface area contributed by atoms with Gasteiger partial charge in [-0.05, 0) is 10.4 Å². The van der Waals surface area contributed by atoms with Crippen LogP contribution in [0, 0.1) is 0 Å². The van der Waals surface area contributed by atoms with Gasteiger partial charge >= 0.3 is 12.1 Å². The van der Waals surface area contributed by atoms with Crippen LogP contribution in [-0.2, 0) is 25.7 Å². The van der Waals surface area contributed by atoms with Crippen molar-refractivity contribution in [2.45, 2.75) is 29.9 Å². The highest BCUT2D eigenvalue weighted by Crippen LogP contribution is 2.46. The molecule has 0 spiro atoms. The van der Waals surface area contributed by atoms with E-state index in [1.54, 1.807) is 0 Å². The lowest BCUT2D eigenvalue weighted by molar-refractivity contribution is -0.182. The fourth-order valence-corrected chi connectivity index (χ4v) is 4.56. The average molecular weight is 425 g/mol. The van der Waals surface area contributed by atoms with Crippen LogP contribution in [0.1, 0.15) is 0 Å². The second kappa shape index (κ2) is 7.00. The molecule has 1 aromatic rings. The van der Waals surface area contributed by atoms with Gasteiger partial charge in [0.1, 0.15) is 31.1 Å². The standard InChI is InChI=1S/C14H15N7O7S/c1-15-6(22)2-20-13(16-17-18-20)29-3-5-7(12(24)25)21-8-9(11(21)23)19(14(26)27)4-28-10(5)8/h8-10H,2-4H2,1H3,(H,15,22)(H,24,25)(H,26,27)/t8-,9-,10?/m0/s1. The third-order valence-electron chi connectivity index (χ3n) is 4.92. The van der Waals surface area contributed by atoms with Gasteiger partial charge in [0.05, 0.1) is 6.04 Å². The van der Waals surface area contributed by atoms with Crippen molar-refractivity contribution in [1.82, 2.24) is 35.3 Å². The van der Waals surface area contributed by atoms with Gasteiger partial charge in [-0.2, -0.15) is 0 Å². The first-order chi connectivity index (χ1) is 13.8. The van der Waals surface area contributed by atoms with E-state index in [0.29, 0.717) is 5.57 Å². The largest absolute Gasteiger partial charge is 0.477 e. The highest BCUT2D eigenvalue weighted by atomic mass is 32.2. The minimum absolute atomic E-state index is 0.0838. The van der Waals surface area contributed by atoms with Crippen LogP contribution in [0.15, 0.2) is 16.4 Å². The lowest BCUT2D eigenvalue weighted by atomic mass is 9.89. The van der Waals surface area contributed by atoms with Gasteiger partial charge in [0, 0.05) is 18.4 Å². The molecule has 3 atom stereocenters. The Labute approximate surface area is 166 Å². The molecule has 0 aromatic carbocycles. The number of ether oxygens (including phenoxy) is 1. The van der Waals surface area contributed by atoms with Crippen LogP contribution >= 0.6 is 11.8 Å². The van der Waals surface area contributed by atoms with Crippen molar-refractivity contribution in [3.05, 3.63) is 11.3 Å². The highest BCUT2D eigenvalue weighted by molar-refractivity contribution is 7.99. The van der Waals surface area contributed by atoms with Crippen molar-refractivity contribution in [2.24, 2.45) is 0 Å². The molecule has 2 saturated heterocycles. The van der Waals surface area contributed by atoms with E-state index < -0.39 is 36.2 Å². The molecule has 4 heterocycles. The van der Waals surface area contributed by atoms with Gasteiger partial charge in [-0.25, -0.2) is 14.3 Å². The normalized spacial score (nSPS) is 25.0. The molecule has 0 radical (unpaired) electrons. The summed E-state index contributed by atoms with van der Waals surface area (Å²) < 4.78 is 6.85. The Kier molecular flexibility index (Phi) is 4.62. The number of aromatic nitrogens is 4. The minimum atomic E-state index is -1.31. The highest BCUT2D eigenvalue weighted by Gasteiger charge is 2.65. The average Bonchev–Trinajstić information content (AvgIpc) is 3.25. The quantitative estimate of drug-likeness (QED) is 0.332. The zero-order chi connectivity index (χ0) is 20.9. The van der Waals surface area contributed by atoms with E-state index in [-0.39, 0.29) is 35.8 Å². The number of nitrogens with zero attached hydrogens (tertiary/aromatic N) is 6. The number of likely N-dealkylation sites (N-methyl/N-ethyl adjacent to an activating group) is 1. The van der Waals surface area contributed by atoms with Crippen LogP contribution in [0.2, 0.25) is 0 Å². The number of aliphatic carboxylic acids is 1. The van der Waals surface area contributed by atoms with Crippen LogP contribution in [-0.4, -0.2) is 102 Å². The number of tetrazole rings is 1. The van der Waals surface area contributed by atoms with Gasteiger partial charge in [0.15, 0.2) is 0 Å². The molecule has 3 aliphatic rings. The number of hydrogen-bond acceptors (Lipinski definition) is 9. The van der Waals surface area contributed by atoms with Crippen LogP contribution in [0.5, 0.6) is 0 Å². The number of amides is 3. The summed E-state index contributed by atoms with van der Waals surface area (Å²) in [6.07, 6.45) is -2.05. The predicted molar refractivity (Wildman–Crippen MR) is 91.3 cm³/mol. The summed E-state index contributed by atoms with van der Waals surface area (Å²) in [6.45, 7) is -0.449. The van der Waals surface area contributed by atoms with Gasteiger partial charge in [-0.3, -0.25) is 19.4 Å². The number of carboxylic acids is 1. The first-order valence-electron chi connectivity index (χ1n) is 8.35.